The zero-order valence-electron chi connectivity index (χ0n) is 14.3. The highest BCUT2D eigenvalue weighted by molar-refractivity contribution is 5.81. The first-order valence-electron chi connectivity index (χ1n) is 7.85. The molecule has 0 aliphatic rings. The fraction of sp³-hybridized carbons (Fsp3) is 0.316. The fourth-order valence-electron chi connectivity index (χ4n) is 2.34. The monoisotopic (exact) mass is 330 g/mol. The van der Waals surface area contributed by atoms with Crippen molar-refractivity contribution in [3.63, 3.8) is 0 Å². The summed E-state index contributed by atoms with van der Waals surface area (Å²) in [6.45, 7) is 2.80. The Hall–Kier alpha value is -2.40. The van der Waals surface area contributed by atoms with Crippen LogP contribution in [0.5, 0.6) is 5.75 Å². The Morgan fingerprint density at radius 3 is 2.54 bits per heavy atom. The highest BCUT2D eigenvalue weighted by Gasteiger charge is 2.18. The first-order chi connectivity index (χ1) is 11.5. The van der Waals surface area contributed by atoms with Crippen molar-refractivity contribution in [1.29, 1.82) is 0 Å². The van der Waals surface area contributed by atoms with Crippen molar-refractivity contribution >= 4 is 5.91 Å². The summed E-state index contributed by atoms with van der Waals surface area (Å²) in [7, 11) is 3.47. The predicted molar refractivity (Wildman–Crippen MR) is 92.2 cm³/mol. The largest absolute Gasteiger partial charge is 0.497 e. The summed E-state index contributed by atoms with van der Waals surface area (Å²) in [5, 5.41) is 2.92. The van der Waals surface area contributed by atoms with Gasteiger partial charge in [-0.25, -0.2) is 4.39 Å². The molecule has 0 spiro atoms. The van der Waals surface area contributed by atoms with E-state index in [2.05, 4.69) is 5.32 Å². The molecule has 0 aliphatic heterocycles. The van der Waals surface area contributed by atoms with Crippen LogP contribution >= 0.6 is 0 Å². The molecule has 5 heteroatoms. The number of hydrogen-bond acceptors (Lipinski definition) is 3. The molecule has 4 nitrogen and oxygen atoms in total. The number of carbonyl (C=O) groups excluding carboxylic acids is 1. The SMILES string of the molecule is COc1ccc(CNC(=O)[C@@H](C)N(C)Cc2cccc(F)c2)cc1. The maximum absolute atomic E-state index is 13.2. The molecule has 24 heavy (non-hydrogen) atoms. The normalized spacial score (nSPS) is 12.0. The summed E-state index contributed by atoms with van der Waals surface area (Å²) < 4.78 is 18.3. The minimum Gasteiger partial charge on any atom is -0.497 e. The van der Waals surface area contributed by atoms with Crippen LogP contribution in [0, 0.1) is 5.82 Å². The van der Waals surface area contributed by atoms with Crippen molar-refractivity contribution in [2.24, 2.45) is 0 Å². The van der Waals surface area contributed by atoms with Gasteiger partial charge in [-0.3, -0.25) is 9.69 Å². The summed E-state index contributed by atoms with van der Waals surface area (Å²) in [6, 6.07) is 13.7. The summed E-state index contributed by atoms with van der Waals surface area (Å²) in [5.41, 5.74) is 1.84. The molecule has 0 aliphatic carbocycles. The van der Waals surface area contributed by atoms with Crippen LogP contribution in [0.25, 0.3) is 0 Å². The van der Waals surface area contributed by atoms with E-state index in [0.29, 0.717) is 13.1 Å². The van der Waals surface area contributed by atoms with Gasteiger partial charge in [-0.15, -0.1) is 0 Å². The summed E-state index contributed by atoms with van der Waals surface area (Å²) in [4.78, 5) is 14.2. The van der Waals surface area contributed by atoms with Crippen LogP contribution in [0.2, 0.25) is 0 Å². The van der Waals surface area contributed by atoms with Crippen molar-refractivity contribution in [2.45, 2.75) is 26.1 Å². The molecular formula is C19H23FN2O2. The number of amides is 1. The van der Waals surface area contributed by atoms with E-state index in [-0.39, 0.29) is 17.8 Å². The molecule has 0 heterocycles. The Morgan fingerprint density at radius 2 is 1.92 bits per heavy atom. The molecule has 2 aromatic carbocycles. The highest BCUT2D eigenvalue weighted by atomic mass is 19.1. The number of hydrogen-bond donors (Lipinski definition) is 1. The van der Waals surface area contributed by atoms with Gasteiger partial charge >= 0.3 is 0 Å². The summed E-state index contributed by atoms with van der Waals surface area (Å²) in [6.07, 6.45) is 0. The number of methoxy groups -OCH3 is 1. The topological polar surface area (TPSA) is 41.6 Å². The lowest BCUT2D eigenvalue weighted by atomic mass is 10.1. The van der Waals surface area contributed by atoms with E-state index in [4.69, 9.17) is 4.74 Å². The Morgan fingerprint density at radius 1 is 1.21 bits per heavy atom. The zero-order valence-corrected chi connectivity index (χ0v) is 14.3. The summed E-state index contributed by atoms with van der Waals surface area (Å²) in [5.74, 6) is 0.454. The Balaban J connectivity index is 1.86. The van der Waals surface area contributed by atoms with Crippen molar-refractivity contribution in [2.75, 3.05) is 14.2 Å². The molecule has 128 valence electrons. The number of nitrogens with one attached hydrogen (secondary N) is 1. The molecule has 0 aromatic heterocycles. The Bertz CT molecular complexity index is 673. The molecule has 1 atom stereocenters. The third-order valence-corrected chi connectivity index (χ3v) is 3.99. The van der Waals surface area contributed by atoms with E-state index in [1.54, 1.807) is 13.2 Å². The van der Waals surface area contributed by atoms with Gasteiger partial charge in [-0.1, -0.05) is 24.3 Å². The number of carbonyl (C=O) groups is 1. The van der Waals surface area contributed by atoms with Gasteiger partial charge in [0.2, 0.25) is 5.91 Å². The van der Waals surface area contributed by atoms with Gasteiger partial charge in [-0.2, -0.15) is 0 Å². The molecule has 0 saturated heterocycles. The number of halogens is 1. The lowest BCUT2D eigenvalue weighted by Gasteiger charge is -2.24. The third-order valence-electron chi connectivity index (χ3n) is 3.99. The van der Waals surface area contributed by atoms with Crippen LogP contribution in [0.15, 0.2) is 48.5 Å². The van der Waals surface area contributed by atoms with Crippen LogP contribution in [0.4, 0.5) is 4.39 Å². The van der Waals surface area contributed by atoms with Gasteiger partial charge in [0.1, 0.15) is 11.6 Å². The second kappa shape index (κ2) is 8.45. The standard InChI is InChI=1S/C19H23FN2O2/c1-14(22(2)13-16-5-4-6-17(20)11-16)19(23)21-12-15-7-9-18(24-3)10-8-15/h4-11,14H,12-13H2,1-3H3,(H,21,23)/t14-/m1/s1. The minimum absolute atomic E-state index is 0.0651. The molecule has 0 unspecified atom stereocenters. The highest BCUT2D eigenvalue weighted by Crippen LogP contribution is 2.12. The van der Waals surface area contributed by atoms with E-state index < -0.39 is 0 Å². The third kappa shape index (κ3) is 5.06. The predicted octanol–water partition coefficient (Wildman–Crippen LogP) is 2.97. The average molecular weight is 330 g/mol. The van der Waals surface area contributed by atoms with Gasteiger partial charge in [-0.05, 0) is 49.4 Å². The first kappa shape index (κ1) is 17.9. The van der Waals surface area contributed by atoms with Gasteiger partial charge in [0, 0.05) is 13.1 Å². The Labute approximate surface area is 142 Å². The molecule has 1 amide bonds. The lowest BCUT2D eigenvalue weighted by Crippen LogP contribution is -2.42. The smallest absolute Gasteiger partial charge is 0.237 e. The van der Waals surface area contributed by atoms with Crippen LogP contribution in [-0.4, -0.2) is 31.0 Å². The van der Waals surface area contributed by atoms with E-state index in [9.17, 15) is 9.18 Å². The van der Waals surface area contributed by atoms with Crippen LogP contribution in [-0.2, 0) is 17.9 Å². The lowest BCUT2D eigenvalue weighted by molar-refractivity contribution is -0.125. The van der Waals surface area contributed by atoms with E-state index >= 15 is 0 Å². The molecule has 0 saturated carbocycles. The number of likely N-dealkylation sites (N-methyl/N-ethyl adjacent to an activating group) is 1. The van der Waals surface area contributed by atoms with Crippen LogP contribution in [0.1, 0.15) is 18.1 Å². The molecule has 1 N–H and O–H groups in total. The van der Waals surface area contributed by atoms with Gasteiger partial charge in [0.05, 0.1) is 13.2 Å². The quantitative estimate of drug-likeness (QED) is 0.849. The maximum Gasteiger partial charge on any atom is 0.237 e. The average Bonchev–Trinajstić information content (AvgIpc) is 2.59. The van der Waals surface area contributed by atoms with Crippen molar-refractivity contribution in [1.82, 2.24) is 10.2 Å². The molecule has 0 fully saturated rings. The molecule has 2 aromatic rings. The van der Waals surface area contributed by atoms with E-state index in [0.717, 1.165) is 16.9 Å². The number of benzene rings is 2. The number of ether oxygens (including phenoxy) is 1. The zero-order chi connectivity index (χ0) is 17.5. The molecular weight excluding hydrogens is 307 g/mol. The van der Waals surface area contributed by atoms with Crippen LogP contribution < -0.4 is 10.1 Å². The Kier molecular flexibility index (Phi) is 6.32. The van der Waals surface area contributed by atoms with E-state index in [1.807, 2.05) is 49.2 Å². The van der Waals surface area contributed by atoms with E-state index in [1.165, 1.54) is 12.1 Å². The number of rotatable bonds is 7. The summed E-state index contributed by atoms with van der Waals surface area (Å²) >= 11 is 0. The minimum atomic E-state index is -0.313. The maximum atomic E-state index is 13.2. The number of nitrogens with zero attached hydrogens (tertiary/aromatic N) is 1. The van der Waals surface area contributed by atoms with Crippen molar-refractivity contribution in [3.8, 4) is 5.75 Å². The first-order valence-corrected chi connectivity index (χ1v) is 7.85. The fourth-order valence-corrected chi connectivity index (χ4v) is 2.34. The molecule has 2 rings (SSSR count). The second-order valence-corrected chi connectivity index (χ2v) is 5.79. The second-order valence-electron chi connectivity index (χ2n) is 5.79. The van der Waals surface area contributed by atoms with Gasteiger partial charge < -0.3 is 10.1 Å². The van der Waals surface area contributed by atoms with Crippen LogP contribution in [0.3, 0.4) is 0 Å². The van der Waals surface area contributed by atoms with Crippen molar-refractivity contribution in [3.05, 3.63) is 65.5 Å². The van der Waals surface area contributed by atoms with Gasteiger partial charge in [0.15, 0.2) is 0 Å². The van der Waals surface area contributed by atoms with Crippen molar-refractivity contribution < 1.29 is 13.9 Å². The molecule has 0 radical (unpaired) electrons. The molecule has 0 bridgehead atoms. The van der Waals surface area contributed by atoms with Gasteiger partial charge in [0.25, 0.3) is 0 Å².